The van der Waals surface area contributed by atoms with Gasteiger partial charge in [-0.15, -0.1) is 0 Å². The number of unbranched alkanes of at least 4 members (excludes halogenated alkanes) is 1. The summed E-state index contributed by atoms with van der Waals surface area (Å²) in [5.41, 5.74) is 0.619. The van der Waals surface area contributed by atoms with Gasteiger partial charge in [-0.3, -0.25) is 4.79 Å². The Labute approximate surface area is 150 Å². The third-order valence-corrected chi connectivity index (χ3v) is 5.83. The number of hydrogen-bond donors (Lipinski definition) is 0. The summed E-state index contributed by atoms with van der Waals surface area (Å²) in [5, 5.41) is 0. The van der Waals surface area contributed by atoms with Crippen molar-refractivity contribution in [3.63, 3.8) is 0 Å². The Hall–Kier alpha value is -1.36. The number of esters is 2. The molecule has 0 aromatic heterocycles. The van der Waals surface area contributed by atoms with Gasteiger partial charge in [0.2, 0.25) is 0 Å². The van der Waals surface area contributed by atoms with Gasteiger partial charge in [0.25, 0.3) is 0 Å². The monoisotopic (exact) mass is 350 g/mol. The van der Waals surface area contributed by atoms with E-state index in [1.54, 1.807) is 0 Å². The summed E-state index contributed by atoms with van der Waals surface area (Å²) in [6.07, 6.45) is 6.35. The van der Waals surface area contributed by atoms with E-state index in [9.17, 15) is 9.59 Å². The van der Waals surface area contributed by atoms with Crippen LogP contribution in [0.5, 0.6) is 0 Å². The highest BCUT2D eigenvalue weighted by Gasteiger charge is 2.54. The molecule has 3 fully saturated rings. The summed E-state index contributed by atoms with van der Waals surface area (Å²) >= 11 is 0. The van der Waals surface area contributed by atoms with Crippen molar-refractivity contribution in [2.24, 2.45) is 17.8 Å². The number of carbonyl (C=O) groups excluding carboxylic acids is 2. The zero-order valence-electron chi connectivity index (χ0n) is 15.2. The van der Waals surface area contributed by atoms with Crippen molar-refractivity contribution < 1.29 is 23.8 Å². The molecule has 3 unspecified atom stereocenters. The SMILES string of the molecule is C=C(C(=O)OC1CCC(OC(=O)CCCC)CC1)C1C2CCOCC21. The van der Waals surface area contributed by atoms with E-state index in [2.05, 4.69) is 13.5 Å². The van der Waals surface area contributed by atoms with Crippen molar-refractivity contribution in [1.29, 1.82) is 0 Å². The average molecular weight is 350 g/mol. The largest absolute Gasteiger partial charge is 0.462 e. The molecule has 2 saturated carbocycles. The third-order valence-electron chi connectivity index (χ3n) is 5.83. The number of rotatable bonds is 7. The molecule has 0 N–H and O–H groups in total. The quantitative estimate of drug-likeness (QED) is 0.520. The summed E-state index contributed by atoms with van der Waals surface area (Å²) in [7, 11) is 0. The Bertz CT molecular complexity index is 494. The highest BCUT2D eigenvalue weighted by Crippen LogP contribution is 2.54. The molecule has 0 aromatic carbocycles. The van der Waals surface area contributed by atoms with Gasteiger partial charge in [0.1, 0.15) is 12.2 Å². The fraction of sp³-hybridized carbons (Fsp3) is 0.800. The summed E-state index contributed by atoms with van der Waals surface area (Å²) in [6.45, 7) is 7.59. The second-order valence-corrected chi connectivity index (χ2v) is 7.64. The van der Waals surface area contributed by atoms with Crippen LogP contribution in [-0.2, 0) is 23.8 Å². The molecule has 0 radical (unpaired) electrons. The standard InChI is InChI=1S/C20H30O5/c1-3-4-5-18(21)24-14-6-8-15(9-7-14)25-20(22)13(2)19-16-10-11-23-12-17(16)19/h14-17,19H,2-12H2,1H3. The predicted molar refractivity (Wildman–Crippen MR) is 92.8 cm³/mol. The molecule has 0 bridgehead atoms. The van der Waals surface area contributed by atoms with Gasteiger partial charge in [-0.05, 0) is 56.3 Å². The lowest BCUT2D eigenvalue weighted by Crippen LogP contribution is -2.30. The van der Waals surface area contributed by atoms with Crippen LogP contribution in [0.2, 0.25) is 0 Å². The minimum absolute atomic E-state index is 0.0223. The van der Waals surface area contributed by atoms with E-state index in [-0.39, 0.29) is 30.1 Å². The van der Waals surface area contributed by atoms with Gasteiger partial charge in [-0.1, -0.05) is 19.9 Å². The number of carbonyl (C=O) groups is 2. The van der Waals surface area contributed by atoms with Gasteiger partial charge in [0, 0.05) is 18.6 Å². The third kappa shape index (κ3) is 4.63. The molecule has 0 amide bonds. The molecule has 0 spiro atoms. The molecule has 3 rings (SSSR count). The first-order valence-corrected chi connectivity index (χ1v) is 9.77. The maximum Gasteiger partial charge on any atom is 0.333 e. The molecule has 5 heteroatoms. The first kappa shape index (κ1) is 18.4. The molecule has 5 nitrogen and oxygen atoms in total. The van der Waals surface area contributed by atoms with Crippen LogP contribution < -0.4 is 0 Å². The lowest BCUT2D eigenvalue weighted by atomic mass is 9.94. The van der Waals surface area contributed by atoms with Crippen LogP contribution >= 0.6 is 0 Å². The van der Waals surface area contributed by atoms with Crippen LogP contribution in [-0.4, -0.2) is 37.4 Å². The Balaban J connectivity index is 1.36. The van der Waals surface area contributed by atoms with Crippen molar-refractivity contribution in [3.8, 4) is 0 Å². The summed E-state index contributed by atoms with van der Waals surface area (Å²) < 4.78 is 16.6. The summed E-state index contributed by atoms with van der Waals surface area (Å²) in [4.78, 5) is 24.1. The van der Waals surface area contributed by atoms with E-state index in [4.69, 9.17) is 14.2 Å². The van der Waals surface area contributed by atoms with Crippen molar-refractivity contribution >= 4 is 11.9 Å². The highest BCUT2D eigenvalue weighted by molar-refractivity contribution is 5.89. The number of fused-ring (bicyclic) bond motifs is 1. The van der Waals surface area contributed by atoms with E-state index in [1.165, 1.54) is 0 Å². The van der Waals surface area contributed by atoms with Crippen LogP contribution in [0, 0.1) is 17.8 Å². The topological polar surface area (TPSA) is 61.8 Å². The van der Waals surface area contributed by atoms with E-state index >= 15 is 0 Å². The molecule has 3 atom stereocenters. The summed E-state index contributed by atoms with van der Waals surface area (Å²) in [5.74, 6) is 0.932. The Morgan fingerprint density at radius 1 is 1.04 bits per heavy atom. The summed E-state index contributed by atoms with van der Waals surface area (Å²) in [6, 6.07) is 0. The Morgan fingerprint density at radius 2 is 1.72 bits per heavy atom. The molecule has 1 aliphatic heterocycles. The lowest BCUT2D eigenvalue weighted by Gasteiger charge is -2.28. The molecule has 0 aromatic rings. The molecule has 1 heterocycles. The lowest BCUT2D eigenvalue weighted by molar-refractivity contribution is -0.156. The first-order chi connectivity index (χ1) is 12.1. The maximum absolute atomic E-state index is 12.4. The fourth-order valence-electron chi connectivity index (χ4n) is 4.22. The number of hydrogen-bond acceptors (Lipinski definition) is 5. The second kappa shape index (κ2) is 8.35. The molecule has 1 saturated heterocycles. The van der Waals surface area contributed by atoms with Crippen LogP contribution in [0.3, 0.4) is 0 Å². The second-order valence-electron chi connectivity index (χ2n) is 7.64. The highest BCUT2D eigenvalue weighted by atomic mass is 16.6. The van der Waals surface area contributed by atoms with Gasteiger partial charge < -0.3 is 14.2 Å². The van der Waals surface area contributed by atoms with Gasteiger partial charge in [-0.25, -0.2) is 4.79 Å². The minimum Gasteiger partial charge on any atom is -0.462 e. The van der Waals surface area contributed by atoms with Crippen LogP contribution in [0.1, 0.15) is 58.3 Å². The fourth-order valence-corrected chi connectivity index (χ4v) is 4.22. The normalized spacial score (nSPS) is 33.9. The molecule has 3 aliphatic rings. The van der Waals surface area contributed by atoms with Crippen molar-refractivity contribution in [2.45, 2.75) is 70.5 Å². The minimum atomic E-state index is -0.247. The predicted octanol–water partition coefficient (Wildman–Crippen LogP) is 3.41. The van der Waals surface area contributed by atoms with Gasteiger partial charge in [0.15, 0.2) is 0 Å². The molecule has 2 aliphatic carbocycles. The van der Waals surface area contributed by atoms with E-state index in [1.807, 2.05) is 0 Å². The van der Waals surface area contributed by atoms with Crippen LogP contribution in [0.15, 0.2) is 12.2 Å². The maximum atomic E-state index is 12.4. The van der Waals surface area contributed by atoms with Gasteiger partial charge >= 0.3 is 11.9 Å². The van der Waals surface area contributed by atoms with Crippen LogP contribution in [0.4, 0.5) is 0 Å². The Morgan fingerprint density at radius 3 is 2.32 bits per heavy atom. The average Bonchev–Trinajstić information content (AvgIpc) is 3.35. The Kier molecular flexibility index (Phi) is 6.15. The molecule has 25 heavy (non-hydrogen) atoms. The van der Waals surface area contributed by atoms with Crippen molar-refractivity contribution in [1.82, 2.24) is 0 Å². The van der Waals surface area contributed by atoms with E-state index in [0.29, 0.717) is 23.8 Å². The van der Waals surface area contributed by atoms with Crippen LogP contribution in [0.25, 0.3) is 0 Å². The first-order valence-electron chi connectivity index (χ1n) is 9.77. The van der Waals surface area contributed by atoms with Gasteiger partial charge in [0.05, 0.1) is 6.61 Å². The van der Waals surface area contributed by atoms with E-state index in [0.717, 1.165) is 58.2 Å². The number of ether oxygens (including phenoxy) is 3. The zero-order valence-corrected chi connectivity index (χ0v) is 15.2. The molecule has 140 valence electrons. The zero-order chi connectivity index (χ0) is 17.8. The van der Waals surface area contributed by atoms with Crippen molar-refractivity contribution in [2.75, 3.05) is 13.2 Å². The molecular formula is C20H30O5. The smallest absolute Gasteiger partial charge is 0.333 e. The van der Waals surface area contributed by atoms with Crippen molar-refractivity contribution in [3.05, 3.63) is 12.2 Å². The van der Waals surface area contributed by atoms with Gasteiger partial charge in [-0.2, -0.15) is 0 Å². The van der Waals surface area contributed by atoms with E-state index < -0.39 is 0 Å². The molecular weight excluding hydrogens is 320 g/mol.